The highest BCUT2D eigenvalue weighted by Gasteiger charge is 2.08. The molecule has 3 aromatic rings. The van der Waals surface area contributed by atoms with Crippen LogP contribution in [0.5, 0.6) is 0 Å². The van der Waals surface area contributed by atoms with Crippen molar-refractivity contribution in [1.29, 1.82) is 0 Å². The quantitative estimate of drug-likeness (QED) is 0.572. The van der Waals surface area contributed by atoms with Crippen LogP contribution in [0.4, 0.5) is 17.2 Å². The summed E-state index contributed by atoms with van der Waals surface area (Å²) in [5, 5.41) is 6.91. The summed E-state index contributed by atoms with van der Waals surface area (Å²) >= 11 is 0. The Kier molecular flexibility index (Phi) is 4.25. The molecule has 118 valence electrons. The van der Waals surface area contributed by atoms with Crippen molar-refractivity contribution in [3.05, 3.63) is 83.3 Å². The minimum atomic E-state index is -0.214. The lowest BCUT2D eigenvalue weighted by atomic mass is 10.1. The molecule has 0 bridgehead atoms. The third kappa shape index (κ3) is 3.42. The first-order chi connectivity index (χ1) is 11.7. The summed E-state index contributed by atoms with van der Waals surface area (Å²) in [5.41, 5.74) is 8.48. The van der Waals surface area contributed by atoms with Crippen molar-refractivity contribution < 1.29 is 4.79 Å². The van der Waals surface area contributed by atoms with Crippen LogP contribution in [0.2, 0.25) is 0 Å². The molecule has 6 heteroatoms. The van der Waals surface area contributed by atoms with Gasteiger partial charge in [-0.2, -0.15) is 4.68 Å². The van der Waals surface area contributed by atoms with E-state index in [1.165, 1.54) is 0 Å². The molecule has 6 nitrogen and oxygen atoms in total. The fraction of sp³-hybridized carbons (Fsp3) is 0.0556. The number of nitrogens with two attached hydrogens (primary N) is 1. The average Bonchev–Trinajstić information content (AvgIpc) is 3.05. The molecule has 24 heavy (non-hydrogen) atoms. The number of rotatable bonds is 4. The molecule has 1 heterocycles. The van der Waals surface area contributed by atoms with Gasteiger partial charge in [0, 0.05) is 11.8 Å². The van der Waals surface area contributed by atoms with E-state index >= 15 is 0 Å². The Morgan fingerprint density at radius 1 is 1.17 bits per heavy atom. The Bertz CT molecular complexity index is 906. The van der Waals surface area contributed by atoms with Gasteiger partial charge in [0.2, 0.25) is 0 Å². The summed E-state index contributed by atoms with van der Waals surface area (Å²) in [6.45, 7) is 7.46. The number of aromatic nitrogens is 2. The van der Waals surface area contributed by atoms with Gasteiger partial charge in [-0.25, -0.2) is 0 Å². The van der Waals surface area contributed by atoms with Gasteiger partial charge in [0.05, 0.1) is 17.9 Å². The van der Waals surface area contributed by atoms with E-state index in [1.807, 2.05) is 24.3 Å². The van der Waals surface area contributed by atoms with E-state index in [-0.39, 0.29) is 5.91 Å². The monoisotopic (exact) mass is 317 g/mol. The summed E-state index contributed by atoms with van der Waals surface area (Å²) < 4.78 is 1.69. The molecule has 3 rings (SSSR count). The second-order valence-electron chi connectivity index (χ2n) is 5.22. The standard InChI is InChI=1S/C18H15N5O/c1-20-17-10-11-23(22-17)12-13-6-8-14(9-7-13)18(24)21-16-5-3-2-4-15(16)19/h2-11H,12,19H2,(H,21,24). The highest BCUT2D eigenvalue weighted by molar-refractivity contribution is 6.05. The van der Waals surface area contributed by atoms with Crippen molar-refractivity contribution in [3.63, 3.8) is 0 Å². The van der Waals surface area contributed by atoms with Crippen molar-refractivity contribution in [1.82, 2.24) is 9.78 Å². The molecule has 0 radical (unpaired) electrons. The van der Waals surface area contributed by atoms with Crippen LogP contribution in [0.25, 0.3) is 4.85 Å². The zero-order chi connectivity index (χ0) is 16.9. The molecule has 0 atom stereocenters. The minimum Gasteiger partial charge on any atom is -0.397 e. The molecule has 0 aliphatic rings. The van der Waals surface area contributed by atoms with E-state index in [0.29, 0.717) is 29.3 Å². The van der Waals surface area contributed by atoms with Gasteiger partial charge in [0.25, 0.3) is 11.7 Å². The number of carbonyl (C=O) groups is 1. The number of carbonyl (C=O) groups excluding carboxylic acids is 1. The lowest BCUT2D eigenvalue weighted by Crippen LogP contribution is -2.13. The van der Waals surface area contributed by atoms with E-state index in [1.54, 1.807) is 41.2 Å². The highest BCUT2D eigenvalue weighted by Crippen LogP contribution is 2.18. The maximum absolute atomic E-state index is 12.3. The Labute approximate surface area is 139 Å². The second-order valence-corrected chi connectivity index (χ2v) is 5.22. The molecule has 0 aliphatic carbocycles. The van der Waals surface area contributed by atoms with Gasteiger partial charge < -0.3 is 15.9 Å². The van der Waals surface area contributed by atoms with E-state index in [9.17, 15) is 4.79 Å². The molecule has 3 N–H and O–H groups in total. The van der Waals surface area contributed by atoms with Crippen molar-refractivity contribution in [2.24, 2.45) is 0 Å². The van der Waals surface area contributed by atoms with Gasteiger partial charge in [0.15, 0.2) is 0 Å². The second kappa shape index (κ2) is 6.67. The van der Waals surface area contributed by atoms with Crippen LogP contribution in [-0.4, -0.2) is 15.7 Å². The number of para-hydroxylation sites is 2. The van der Waals surface area contributed by atoms with Crippen molar-refractivity contribution in [2.75, 3.05) is 11.1 Å². The Hall–Kier alpha value is -3.59. The number of nitrogens with zero attached hydrogens (tertiary/aromatic N) is 3. The van der Waals surface area contributed by atoms with Crippen LogP contribution < -0.4 is 11.1 Å². The normalized spacial score (nSPS) is 10.1. The Morgan fingerprint density at radius 3 is 2.58 bits per heavy atom. The molecular weight excluding hydrogens is 302 g/mol. The molecule has 0 aliphatic heterocycles. The van der Waals surface area contributed by atoms with Gasteiger partial charge in [-0.15, -0.1) is 0 Å². The summed E-state index contributed by atoms with van der Waals surface area (Å²) in [6.07, 6.45) is 1.76. The number of nitrogen functional groups attached to an aromatic ring is 1. The third-order valence-corrected chi connectivity index (χ3v) is 3.51. The smallest absolute Gasteiger partial charge is 0.295 e. The molecule has 0 fully saturated rings. The topological polar surface area (TPSA) is 77.3 Å². The van der Waals surface area contributed by atoms with Crippen LogP contribution in [0.1, 0.15) is 15.9 Å². The maximum Gasteiger partial charge on any atom is 0.295 e. The van der Waals surface area contributed by atoms with Crippen LogP contribution in [0, 0.1) is 6.57 Å². The van der Waals surface area contributed by atoms with Gasteiger partial charge in [-0.05, 0) is 41.0 Å². The van der Waals surface area contributed by atoms with Crippen LogP contribution in [0.3, 0.4) is 0 Å². The highest BCUT2D eigenvalue weighted by atomic mass is 16.1. The zero-order valence-electron chi connectivity index (χ0n) is 12.8. The summed E-state index contributed by atoms with van der Waals surface area (Å²) in [4.78, 5) is 15.5. The third-order valence-electron chi connectivity index (χ3n) is 3.51. The Morgan fingerprint density at radius 2 is 1.92 bits per heavy atom. The average molecular weight is 317 g/mol. The van der Waals surface area contributed by atoms with Gasteiger partial charge in [0.1, 0.15) is 0 Å². The number of hydrogen-bond acceptors (Lipinski definition) is 3. The van der Waals surface area contributed by atoms with Gasteiger partial charge in [-0.3, -0.25) is 4.79 Å². The fourth-order valence-electron chi connectivity index (χ4n) is 2.25. The molecule has 0 saturated heterocycles. The molecule has 0 saturated carbocycles. The number of hydrogen-bond donors (Lipinski definition) is 2. The van der Waals surface area contributed by atoms with E-state index < -0.39 is 0 Å². The lowest BCUT2D eigenvalue weighted by molar-refractivity contribution is 0.102. The van der Waals surface area contributed by atoms with Crippen molar-refractivity contribution in [3.8, 4) is 0 Å². The van der Waals surface area contributed by atoms with Crippen molar-refractivity contribution >= 4 is 23.1 Å². The summed E-state index contributed by atoms with van der Waals surface area (Å²) in [5.74, 6) is 0.153. The fourth-order valence-corrected chi connectivity index (χ4v) is 2.25. The first-order valence-electron chi connectivity index (χ1n) is 7.31. The van der Waals surface area contributed by atoms with E-state index in [4.69, 9.17) is 12.3 Å². The SMILES string of the molecule is [C-]#[N+]c1ccn(Cc2ccc(C(=O)Nc3ccccc3N)cc2)n1. The molecule has 1 aromatic heterocycles. The first kappa shape index (κ1) is 15.3. The molecule has 0 spiro atoms. The predicted molar refractivity (Wildman–Crippen MR) is 92.8 cm³/mol. The molecular formula is C18H15N5O. The summed E-state index contributed by atoms with van der Waals surface area (Å²) in [7, 11) is 0. The van der Waals surface area contributed by atoms with Crippen LogP contribution >= 0.6 is 0 Å². The van der Waals surface area contributed by atoms with Crippen LogP contribution in [-0.2, 0) is 6.54 Å². The number of benzene rings is 2. The number of amides is 1. The zero-order valence-corrected chi connectivity index (χ0v) is 12.8. The summed E-state index contributed by atoms with van der Waals surface area (Å²) in [6, 6.07) is 16.0. The molecule has 0 unspecified atom stereocenters. The predicted octanol–water partition coefficient (Wildman–Crippen LogP) is 3.32. The minimum absolute atomic E-state index is 0.214. The molecule has 2 aromatic carbocycles. The van der Waals surface area contributed by atoms with Gasteiger partial charge >= 0.3 is 0 Å². The van der Waals surface area contributed by atoms with E-state index in [0.717, 1.165) is 5.56 Å². The maximum atomic E-state index is 12.3. The largest absolute Gasteiger partial charge is 0.397 e. The van der Waals surface area contributed by atoms with Crippen molar-refractivity contribution in [2.45, 2.75) is 6.54 Å². The lowest BCUT2D eigenvalue weighted by Gasteiger charge is -2.08. The molecule has 1 amide bonds. The Balaban J connectivity index is 1.69. The first-order valence-corrected chi connectivity index (χ1v) is 7.31. The number of anilines is 2. The van der Waals surface area contributed by atoms with Crippen LogP contribution in [0.15, 0.2) is 60.8 Å². The van der Waals surface area contributed by atoms with E-state index in [2.05, 4.69) is 15.3 Å². The van der Waals surface area contributed by atoms with Gasteiger partial charge in [-0.1, -0.05) is 30.8 Å². The number of nitrogens with one attached hydrogen (secondary N) is 1.